The summed E-state index contributed by atoms with van der Waals surface area (Å²) in [5.41, 5.74) is 0. The van der Waals surface area contributed by atoms with Crippen LogP contribution in [-0.2, 0) is 0 Å². The first-order chi connectivity index (χ1) is 19.2. The van der Waals surface area contributed by atoms with Crippen LogP contribution in [-0.4, -0.2) is 0 Å². The Morgan fingerprint density at radius 2 is 0.410 bits per heavy atom. The predicted octanol–water partition coefficient (Wildman–Crippen LogP) is 15.2. The zero-order valence-corrected chi connectivity index (χ0v) is 28.5. The minimum absolute atomic E-state index is 0.954. The molecule has 39 heavy (non-hydrogen) atoms. The number of rotatable bonds is 34. The molecule has 0 N–H and O–H groups in total. The van der Waals surface area contributed by atoms with Crippen molar-refractivity contribution in [1.29, 1.82) is 0 Å². The molecule has 0 aliphatic rings. The highest BCUT2D eigenvalue weighted by atomic mass is 14.1. The Morgan fingerprint density at radius 1 is 0.231 bits per heavy atom. The average Bonchev–Trinajstić information content (AvgIpc) is 2.93. The smallest absolute Gasteiger partial charge is 0.0443 e. The first-order valence-corrected chi connectivity index (χ1v) is 19.2. The lowest BCUT2D eigenvalue weighted by atomic mass is 9.92. The monoisotopic (exact) mass is 549 g/mol. The summed E-state index contributed by atoms with van der Waals surface area (Å²) in [5.74, 6) is 1.91. The lowest BCUT2D eigenvalue weighted by Crippen LogP contribution is -1.99. The third-order valence-electron chi connectivity index (χ3n) is 9.49. The van der Waals surface area contributed by atoms with Crippen LogP contribution in [0.5, 0.6) is 0 Å². The van der Waals surface area contributed by atoms with Gasteiger partial charge in [-0.1, -0.05) is 240 Å². The van der Waals surface area contributed by atoms with Crippen molar-refractivity contribution in [1.82, 2.24) is 0 Å². The van der Waals surface area contributed by atoms with Gasteiger partial charge in [-0.15, -0.1) is 0 Å². The van der Waals surface area contributed by atoms with Gasteiger partial charge in [0.15, 0.2) is 0 Å². The maximum absolute atomic E-state index is 2.51. The summed E-state index contributed by atoms with van der Waals surface area (Å²) < 4.78 is 0. The number of hydrogen-bond acceptors (Lipinski definition) is 0. The molecule has 0 saturated heterocycles. The molecular weight excluding hydrogens is 468 g/mol. The number of unbranched alkanes of at least 4 members (excludes halogenated alkanes) is 26. The van der Waals surface area contributed by atoms with Crippen LogP contribution >= 0.6 is 0 Å². The fourth-order valence-corrected chi connectivity index (χ4v) is 6.48. The van der Waals surface area contributed by atoms with Crippen molar-refractivity contribution < 1.29 is 0 Å². The van der Waals surface area contributed by atoms with Crippen LogP contribution < -0.4 is 0 Å². The van der Waals surface area contributed by atoms with Crippen molar-refractivity contribution in [2.45, 2.75) is 240 Å². The van der Waals surface area contributed by atoms with Crippen molar-refractivity contribution >= 4 is 0 Å². The van der Waals surface area contributed by atoms with Crippen molar-refractivity contribution in [3.8, 4) is 0 Å². The van der Waals surface area contributed by atoms with Gasteiger partial charge < -0.3 is 0 Å². The van der Waals surface area contributed by atoms with E-state index in [1.165, 1.54) is 212 Å². The number of hydrogen-bond donors (Lipinski definition) is 0. The Kier molecular flexibility index (Phi) is 34.2. The summed E-state index contributed by atoms with van der Waals surface area (Å²) in [4.78, 5) is 0. The summed E-state index contributed by atoms with van der Waals surface area (Å²) >= 11 is 0. The van der Waals surface area contributed by atoms with Crippen molar-refractivity contribution in [3.05, 3.63) is 0 Å². The first kappa shape index (κ1) is 39.0. The van der Waals surface area contributed by atoms with E-state index in [2.05, 4.69) is 27.7 Å². The molecule has 0 bridgehead atoms. The lowest BCUT2D eigenvalue weighted by molar-refractivity contribution is 0.390. The molecule has 0 nitrogen and oxygen atoms in total. The topological polar surface area (TPSA) is 0 Å². The molecule has 0 aliphatic carbocycles. The fraction of sp³-hybridized carbons (Fsp3) is 1.00. The molecule has 0 spiro atoms. The summed E-state index contributed by atoms with van der Waals surface area (Å²) in [5, 5.41) is 0. The quantitative estimate of drug-likeness (QED) is 0.0701. The second-order valence-electron chi connectivity index (χ2n) is 13.9. The van der Waals surface area contributed by atoms with Gasteiger partial charge in [-0.2, -0.15) is 0 Å². The molecule has 2 unspecified atom stereocenters. The summed E-state index contributed by atoms with van der Waals surface area (Å²) in [6.45, 7) is 9.64. The van der Waals surface area contributed by atoms with E-state index in [1.807, 2.05) is 0 Å². The molecule has 0 aromatic carbocycles. The van der Waals surface area contributed by atoms with E-state index in [4.69, 9.17) is 0 Å². The zero-order valence-electron chi connectivity index (χ0n) is 28.5. The molecule has 0 aromatic heterocycles. The maximum Gasteiger partial charge on any atom is -0.0443 e. The van der Waals surface area contributed by atoms with Crippen molar-refractivity contribution in [2.24, 2.45) is 11.8 Å². The Labute approximate surface area is 251 Å². The second kappa shape index (κ2) is 34.2. The van der Waals surface area contributed by atoms with E-state index in [1.54, 1.807) is 0 Å². The standard InChI is InChI=1S/C39H80/c1-5-7-9-11-13-15-17-18-19-20-21-22-23-24-26-28-30-32-35-39(4)37-33-36-38(3)34-31-29-27-25-16-14-12-10-8-6-2/h38-39H,5-37H2,1-4H3. The summed E-state index contributed by atoms with van der Waals surface area (Å²) in [6, 6.07) is 0. The van der Waals surface area contributed by atoms with E-state index >= 15 is 0 Å². The third-order valence-corrected chi connectivity index (χ3v) is 9.49. The van der Waals surface area contributed by atoms with Gasteiger partial charge >= 0.3 is 0 Å². The largest absolute Gasteiger partial charge is 0.0654 e. The molecule has 236 valence electrons. The highest BCUT2D eigenvalue weighted by Gasteiger charge is 2.06. The van der Waals surface area contributed by atoms with Crippen LogP contribution in [0.4, 0.5) is 0 Å². The zero-order chi connectivity index (χ0) is 28.5. The third kappa shape index (κ3) is 34.1. The van der Waals surface area contributed by atoms with Gasteiger partial charge in [-0.05, 0) is 11.8 Å². The molecule has 0 saturated carbocycles. The molecular formula is C39H80. The average molecular weight is 549 g/mol. The van der Waals surface area contributed by atoms with Gasteiger partial charge in [0.1, 0.15) is 0 Å². The maximum atomic E-state index is 2.51. The summed E-state index contributed by atoms with van der Waals surface area (Å²) in [7, 11) is 0. The van der Waals surface area contributed by atoms with Crippen LogP contribution in [0.15, 0.2) is 0 Å². The van der Waals surface area contributed by atoms with Crippen LogP contribution in [0.3, 0.4) is 0 Å². The van der Waals surface area contributed by atoms with Gasteiger partial charge in [-0.3, -0.25) is 0 Å². The van der Waals surface area contributed by atoms with Crippen LogP contribution in [0.1, 0.15) is 240 Å². The van der Waals surface area contributed by atoms with Gasteiger partial charge in [-0.25, -0.2) is 0 Å². The minimum Gasteiger partial charge on any atom is -0.0654 e. The van der Waals surface area contributed by atoms with Gasteiger partial charge in [0.25, 0.3) is 0 Å². The van der Waals surface area contributed by atoms with E-state index in [0.717, 1.165) is 11.8 Å². The molecule has 0 aliphatic heterocycles. The Hall–Kier alpha value is 0. The highest BCUT2D eigenvalue weighted by molar-refractivity contribution is 4.60. The normalized spacial score (nSPS) is 13.2. The van der Waals surface area contributed by atoms with Gasteiger partial charge in [0.2, 0.25) is 0 Å². The van der Waals surface area contributed by atoms with E-state index in [-0.39, 0.29) is 0 Å². The van der Waals surface area contributed by atoms with Crippen molar-refractivity contribution in [2.75, 3.05) is 0 Å². The Morgan fingerprint density at radius 3 is 0.641 bits per heavy atom. The van der Waals surface area contributed by atoms with E-state index < -0.39 is 0 Å². The van der Waals surface area contributed by atoms with E-state index in [0.29, 0.717) is 0 Å². The Bertz CT molecular complexity index is 412. The molecule has 0 amide bonds. The fourth-order valence-electron chi connectivity index (χ4n) is 6.48. The van der Waals surface area contributed by atoms with Crippen molar-refractivity contribution in [3.63, 3.8) is 0 Å². The SMILES string of the molecule is CCCCCCCCCCCCCCCCCCCCC(C)CCCC(C)CCCCCCCCCCCC. The van der Waals surface area contributed by atoms with Gasteiger partial charge in [0, 0.05) is 0 Å². The van der Waals surface area contributed by atoms with Gasteiger partial charge in [0.05, 0.1) is 0 Å². The molecule has 0 aromatic rings. The minimum atomic E-state index is 0.954. The molecule has 0 rings (SSSR count). The van der Waals surface area contributed by atoms with Crippen LogP contribution in [0, 0.1) is 11.8 Å². The van der Waals surface area contributed by atoms with E-state index in [9.17, 15) is 0 Å². The molecule has 2 atom stereocenters. The Balaban J connectivity index is 3.24. The molecule has 0 fully saturated rings. The molecule has 0 radical (unpaired) electrons. The van der Waals surface area contributed by atoms with Crippen LogP contribution in [0.2, 0.25) is 0 Å². The molecule has 0 heteroatoms. The first-order valence-electron chi connectivity index (χ1n) is 19.2. The lowest BCUT2D eigenvalue weighted by Gasteiger charge is -2.14. The van der Waals surface area contributed by atoms with Crippen LogP contribution in [0.25, 0.3) is 0 Å². The predicted molar refractivity (Wildman–Crippen MR) is 182 cm³/mol. The molecule has 0 heterocycles. The highest BCUT2D eigenvalue weighted by Crippen LogP contribution is 2.22. The summed E-state index contributed by atoms with van der Waals surface area (Å²) in [6.07, 6.45) is 48.6. The second-order valence-corrected chi connectivity index (χ2v) is 13.9.